The van der Waals surface area contributed by atoms with Gasteiger partial charge in [-0.2, -0.15) is 0 Å². The van der Waals surface area contributed by atoms with E-state index in [2.05, 4.69) is 5.32 Å². The van der Waals surface area contributed by atoms with Gasteiger partial charge in [0, 0.05) is 5.92 Å². The second-order valence-electron chi connectivity index (χ2n) is 5.07. The maximum absolute atomic E-state index is 11.7. The van der Waals surface area contributed by atoms with Crippen molar-refractivity contribution in [3.63, 3.8) is 0 Å². The summed E-state index contributed by atoms with van der Waals surface area (Å²) < 4.78 is 10.0. The van der Waals surface area contributed by atoms with E-state index in [0.717, 1.165) is 17.6 Å². The quantitative estimate of drug-likeness (QED) is 0.785. The summed E-state index contributed by atoms with van der Waals surface area (Å²) >= 11 is 0. The van der Waals surface area contributed by atoms with Gasteiger partial charge in [-0.05, 0) is 30.5 Å². The number of carbonyl (C=O) groups is 2. The molecule has 2 unspecified atom stereocenters. The Kier molecular flexibility index (Phi) is 6.72. The highest BCUT2D eigenvalue weighted by molar-refractivity contribution is 5.69. The zero-order chi connectivity index (χ0) is 15.8. The topological polar surface area (TPSA) is 64.6 Å². The molecule has 1 aromatic carbocycles. The summed E-state index contributed by atoms with van der Waals surface area (Å²) in [6.45, 7) is 5.92. The molecule has 0 saturated heterocycles. The predicted octanol–water partition coefficient (Wildman–Crippen LogP) is 2.95. The number of aldehydes is 1. The second-order valence-corrected chi connectivity index (χ2v) is 5.07. The van der Waals surface area contributed by atoms with Crippen LogP contribution in [0.25, 0.3) is 0 Å². The Morgan fingerprint density at radius 2 is 1.90 bits per heavy atom. The molecule has 0 saturated carbocycles. The number of benzene rings is 1. The van der Waals surface area contributed by atoms with E-state index < -0.39 is 12.1 Å². The molecule has 5 nitrogen and oxygen atoms in total. The van der Waals surface area contributed by atoms with Crippen molar-refractivity contribution in [2.45, 2.75) is 26.8 Å². The van der Waals surface area contributed by atoms with E-state index in [1.54, 1.807) is 26.2 Å². The van der Waals surface area contributed by atoms with Gasteiger partial charge < -0.3 is 19.6 Å². The average molecular weight is 293 g/mol. The van der Waals surface area contributed by atoms with Gasteiger partial charge in [0.25, 0.3) is 0 Å². The summed E-state index contributed by atoms with van der Waals surface area (Å²) in [5, 5.41) is 2.77. The van der Waals surface area contributed by atoms with Crippen LogP contribution in [0.1, 0.15) is 32.4 Å². The maximum atomic E-state index is 11.7. The summed E-state index contributed by atoms with van der Waals surface area (Å²) in [6, 6.07) is 6.87. The Hall–Kier alpha value is -2.04. The summed E-state index contributed by atoms with van der Waals surface area (Å²) in [5.74, 6) is 0.486. The van der Waals surface area contributed by atoms with E-state index in [9.17, 15) is 9.59 Å². The fourth-order valence-corrected chi connectivity index (χ4v) is 2.13. The van der Waals surface area contributed by atoms with Gasteiger partial charge in [0.1, 0.15) is 12.0 Å². The van der Waals surface area contributed by atoms with Gasteiger partial charge >= 0.3 is 6.09 Å². The van der Waals surface area contributed by atoms with Crippen LogP contribution in [0.15, 0.2) is 24.3 Å². The molecule has 1 amide bonds. The van der Waals surface area contributed by atoms with Crippen LogP contribution < -0.4 is 10.1 Å². The molecule has 5 heteroatoms. The first-order valence-electron chi connectivity index (χ1n) is 7.06. The first kappa shape index (κ1) is 17.0. The SMILES string of the molecule is CCOC(=O)NC(c1ccc(OC)cc1)C(C=O)C(C)C. The van der Waals surface area contributed by atoms with Crippen LogP contribution in [-0.4, -0.2) is 26.1 Å². The van der Waals surface area contributed by atoms with Gasteiger partial charge in [0.2, 0.25) is 0 Å². The Balaban J connectivity index is 3.03. The predicted molar refractivity (Wildman–Crippen MR) is 80.3 cm³/mol. The summed E-state index contributed by atoms with van der Waals surface area (Å²) in [5.41, 5.74) is 0.842. The number of carbonyl (C=O) groups excluding carboxylic acids is 2. The summed E-state index contributed by atoms with van der Waals surface area (Å²) in [7, 11) is 1.59. The molecule has 0 spiro atoms. The van der Waals surface area contributed by atoms with Crippen molar-refractivity contribution in [2.75, 3.05) is 13.7 Å². The van der Waals surface area contributed by atoms with Crippen LogP contribution in [-0.2, 0) is 9.53 Å². The highest BCUT2D eigenvalue weighted by Gasteiger charge is 2.27. The number of nitrogens with one attached hydrogen (secondary N) is 1. The second kappa shape index (κ2) is 8.29. The van der Waals surface area contributed by atoms with E-state index in [1.807, 2.05) is 26.0 Å². The molecule has 0 aliphatic rings. The number of hydrogen-bond acceptors (Lipinski definition) is 4. The number of alkyl carbamates (subject to hydrolysis) is 1. The Labute approximate surface area is 125 Å². The Bertz CT molecular complexity index is 456. The third-order valence-corrected chi connectivity index (χ3v) is 3.34. The number of methoxy groups -OCH3 is 1. The molecule has 1 N–H and O–H groups in total. The molecular formula is C16H23NO4. The number of ether oxygens (including phenoxy) is 2. The number of hydrogen-bond donors (Lipinski definition) is 1. The largest absolute Gasteiger partial charge is 0.497 e. The lowest BCUT2D eigenvalue weighted by atomic mass is 9.85. The van der Waals surface area contributed by atoms with Gasteiger partial charge in [-0.25, -0.2) is 4.79 Å². The lowest BCUT2D eigenvalue weighted by molar-refractivity contribution is -0.113. The Morgan fingerprint density at radius 1 is 1.29 bits per heavy atom. The van der Waals surface area contributed by atoms with E-state index in [4.69, 9.17) is 9.47 Å². The average Bonchev–Trinajstić information content (AvgIpc) is 2.47. The van der Waals surface area contributed by atoms with Crippen molar-refractivity contribution in [3.05, 3.63) is 29.8 Å². The molecule has 0 aliphatic carbocycles. The van der Waals surface area contributed by atoms with Gasteiger partial charge in [0.15, 0.2) is 0 Å². The van der Waals surface area contributed by atoms with Crippen LogP contribution in [0.4, 0.5) is 4.79 Å². The molecule has 0 radical (unpaired) electrons. The van der Waals surface area contributed by atoms with Crippen molar-refractivity contribution in [1.29, 1.82) is 0 Å². The van der Waals surface area contributed by atoms with Crippen molar-refractivity contribution in [3.8, 4) is 5.75 Å². The Morgan fingerprint density at radius 3 is 2.33 bits per heavy atom. The van der Waals surface area contributed by atoms with Crippen LogP contribution >= 0.6 is 0 Å². The molecule has 21 heavy (non-hydrogen) atoms. The molecule has 0 aromatic heterocycles. The number of rotatable bonds is 7. The van der Waals surface area contributed by atoms with E-state index >= 15 is 0 Å². The van der Waals surface area contributed by atoms with Crippen molar-refractivity contribution >= 4 is 12.4 Å². The highest BCUT2D eigenvalue weighted by Crippen LogP contribution is 2.28. The van der Waals surface area contributed by atoms with Gasteiger partial charge in [0.05, 0.1) is 19.8 Å². The van der Waals surface area contributed by atoms with Gasteiger partial charge in [-0.15, -0.1) is 0 Å². The molecule has 1 aromatic rings. The van der Waals surface area contributed by atoms with E-state index in [1.165, 1.54) is 0 Å². The summed E-state index contributed by atoms with van der Waals surface area (Å²) in [6.07, 6.45) is 0.358. The fourth-order valence-electron chi connectivity index (χ4n) is 2.13. The normalized spacial score (nSPS) is 13.4. The molecule has 0 bridgehead atoms. The highest BCUT2D eigenvalue weighted by atomic mass is 16.5. The van der Waals surface area contributed by atoms with Gasteiger partial charge in [-0.3, -0.25) is 0 Å². The number of amides is 1. The standard InChI is InChI=1S/C16H23NO4/c1-5-21-16(19)17-15(14(10-18)11(2)3)12-6-8-13(20-4)9-7-12/h6-11,14-15H,5H2,1-4H3,(H,17,19). The van der Waals surface area contributed by atoms with Crippen LogP contribution in [0.3, 0.4) is 0 Å². The fraction of sp³-hybridized carbons (Fsp3) is 0.500. The minimum absolute atomic E-state index is 0.0940. The van der Waals surface area contributed by atoms with Gasteiger partial charge in [-0.1, -0.05) is 26.0 Å². The first-order valence-corrected chi connectivity index (χ1v) is 7.06. The monoisotopic (exact) mass is 293 g/mol. The molecular weight excluding hydrogens is 270 g/mol. The maximum Gasteiger partial charge on any atom is 0.407 e. The molecule has 2 atom stereocenters. The van der Waals surface area contributed by atoms with Crippen molar-refractivity contribution in [2.24, 2.45) is 11.8 Å². The summed E-state index contributed by atoms with van der Waals surface area (Å²) in [4.78, 5) is 23.1. The van der Waals surface area contributed by atoms with Crippen LogP contribution in [0, 0.1) is 11.8 Å². The zero-order valence-corrected chi connectivity index (χ0v) is 13.0. The first-order chi connectivity index (χ1) is 10.0. The molecule has 0 heterocycles. The molecule has 116 valence electrons. The van der Waals surface area contributed by atoms with Crippen molar-refractivity contribution < 1.29 is 19.1 Å². The third-order valence-electron chi connectivity index (χ3n) is 3.34. The zero-order valence-electron chi connectivity index (χ0n) is 13.0. The third kappa shape index (κ3) is 4.77. The molecule has 1 rings (SSSR count). The lowest BCUT2D eigenvalue weighted by Gasteiger charge is -2.27. The van der Waals surface area contributed by atoms with Crippen LogP contribution in [0.2, 0.25) is 0 Å². The van der Waals surface area contributed by atoms with E-state index in [-0.39, 0.29) is 18.4 Å². The molecule has 0 fully saturated rings. The minimum Gasteiger partial charge on any atom is -0.497 e. The molecule has 0 aliphatic heterocycles. The van der Waals surface area contributed by atoms with E-state index in [0.29, 0.717) is 0 Å². The minimum atomic E-state index is -0.522. The van der Waals surface area contributed by atoms with Crippen LogP contribution in [0.5, 0.6) is 5.75 Å². The smallest absolute Gasteiger partial charge is 0.407 e. The van der Waals surface area contributed by atoms with Crippen molar-refractivity contribution in [1.82, 2.24) is 5.32 Å². The lowest BCUT2D eigenvalue weighted by Crippen LogP contribution is -2.36.